The molecule has 0 aliphatic carbocycles. The van der Waals surface area contributed by atoms with Gasteiger partial charge in [0.25, 0.3) is 0 Å². The number of benzene rings is 1. The van der Waals surface area contributed by atoms with Crippen LogP contribution in [0.2, 0.25) is 0 Å². The zero-order valence-corrected chi connectivity index (χ0v) is 8.48. The summed E-state index contributed by atoms with van der Waals surface area (Å²) in [5.74, 6) is -0.474. The molecular formula is C8H8BrFN2O. The number of amides is 2. The van der Waals surface area contributed by atoms with E-state index in [0.29, 0.717) is 4.47 Å². The van der Waals surface area contributed by atoms with E-state index < -0.39 is 11.8 Å². The molecule has 0 spiro atoms. The van der Waals surface area contributed by atoms with Gasteiger partial charge in [-0.2, -0.15) is 0 Å². The highest BCUT2D eigenvalue weighted by atomic mass is 79.9. The van der Waals surface area contributed by atoms with Gasteiger partial charge in [-0.25, -0.2) is 9.18 Å². The average Bonchev–Trinajstić information content (AvgIpc) is 2.09. The van der Waals surface area contributed by atoms with Crippen molar-refractivity contribution >= 4 is 27.6 Å². The second-order valence-electron chi connectivity index (χ2n) is 2.33. The fourth-order valence-corrected chi connectivity index (χ4v) is 1.11. The van der Waals surface area contributed by atoms with E-state index in [1.54, 1.807) is 6.07 Å². The van der Waals surface area contributed by atoms with Crippen molar-refractivity contribution in [1.29, 1.82) is 0 Å². The first-order chi connectivity index (χ1) is 6.13. The lowest BCUT2D eigenvalue weighted by Crippen LogP contribution is -2.24. The van der Waals surface area contributed by atoms with Gasteiger partial charge in [0.05, 0.1) is 5.69 Å². The van der Waals surface area contributed by atoms with Gasteiger partial charge < -0.3 is 10.6 Å². The molecule has 0 aromatic heterocycles. The van der Waals surface area contributed by atoms with Crippen LogP contribution in [0.1, 0.15) is 0 Å². The summed E-state index contributed by atoms with van der Waals surface area (Å²) in [5.41, 5.74) is 0.155. The summed E-state index contributed by atoms with van der Waals surface area (Å²) in [7, 11) is 1.46. The lowest BCUT2D eigenvalue weighted by Gasteiger charge is -2.05. The summed E-state index contributed by atoms with van der Waals surface area (Å²) in [6.07, 6.45) is 0. The number of nitrogens with one attached hydrogen (secondary N) is 2. The van der Waals surface area contributed by atoms with Crippen LogP contribution in [0, 0.1) is 5.82 Å². The Kier molecular flexibility index (Phi) is 3.25. The quantitative estimate of drug-likeness (QED) is 0.785. The molecule has 1 aromatic rings. The molecule has 0 unspecified atom stereocenters. The zero-order valence-electron chi connectivity index (χ0n) is 6.90. The van der Waals surface area contributed by atoms with Crippen LogP contribution in [0.3, 0.4) is 0 Å². The smallest absolute Gasteiger partial charge is 0.319 e. The maximum atomic E-state index is 13.1. The minimum atomic E-state index is -0.474. The molecule has 13 heavy (non-hydrogen) atoms. The molecule has 3 nitrogen and oxygen atoms in total. The molecule has 0 aliphatic heterocycles. The van der Waals surface area contributed by atoms with E-state index in [-0.39, 0.29) is 5.69 Å². The molecule has 2 amide bonds. The molecule has 0 bridgehead atoms. The van der Waals surface area contributed by atoms with Crippen LogP contribution in [0.25, 0.3) is 0 Å². The molecule has 0 fully saturated rings. The summed E-state index contributed by atoms with van der Waals surface area (Å²) in [6.45, 7) is 0. The molecule has 5 heteroatoms. The molecule has 0 radical (unpaired) electrons. The SMILES string of the molecule is CNC(=O)Nc1ccc(Br)cc1F. The van der Waals surface area contributed by atoms with E-state index in [0.717, 1.165) is 0 Å². The minimum Gasteiger partial charge on any atom is -0.341 e. The Labute approximate surface area is 83.5 Å². The molecule has 70 valence electrons. The van der Waals surface area contributed by atoms with Gasteiger partial charge >= 0.3 is 6.03 Å². The fourth-order valence-electron chi connectivity index (χ4n) is 0.776. The summed E-state index contributed by atoms with van der Waals surface area (Å²) >= 11 is 3.11. The molecule has 0 atom stereocenters. The number of carbonyl (C=O) groups excluding carboxylic acids is 1. The van der Waals surface area contributed by atoms with Crippen molar-refractivity contribution in [3.05, 3.63) is 28.5 Å². The second kappa shape index (κ2) is 4.23. The Balaban J connectivity index is 2.83. The van der Waals surface area contributed by atoms with Gasteiger partial charge in [0.1, 0.15) is 5.82 Å². The first-order valence-electron chi connectivity index (χ1n) is 3.57. The standard InChI is InChI=1S/C8H8BrFN2O/c1-11-8(13)12-7-3-2-5(9)4-6(7)10/h2-4H,1H3,(H2,11,12,13). The minimum absolute atomic E-state index is 0.155. The summed E-state index contributed by atoms with van der Waals surface area (Å²) in [6, 6.07) is 3.97. The van der Waals surface area contributed by atoms with Gasteiger partial charge in [-0.3, -0.25) is 0 Å². The second-order valence-corrected chi connectivity index (χ2v) is 3.24. The van der Waals surface area contributed by atoms with Crippen LogP contribution in [0.15, 0.2) is 22.7 Å². The molecule has 1 rings (SSSR count). The Hall–Kier alpha value is -1.10. The third kappa shape index (κ3) is 2.69. The number of anilines is 1. The molecular weight excluding hydrogens is 239 g/mol. The largest absolute Gasteiger partial charge is 0.341 e. The number of urea groups is 1. The molecule has 0 heterocycles. The van der Waals surface area contributed by atoms with E-state index in [2.05, 4.69) is 26.6 Å². The molecule has 2 N–H and O–H groups in total. The van der Waals surface area contributed by atoms with Crippen molar-refractivity contribution in [2.45, 2.75) is 0 Å². The van der Waals surface area contributed by atoms with Crippen molar-refractivity contribution in [3.8, 4) is 0 Å². The maximum Gasteiger partial charge on any atom is 0.319 e. The van der Waals surface area contributed by atoms with E-state index in [1.807, 2.05) is 0 Å². The van der Waals surface area contributed by atoms with E-state index in [4.69, 9.17) is 0 Å². The predicted molar refractivity (Wildman–Crippen MR) is 52.2 cm³/mol. The Bertz CT molecular complexity index is 330. The monoisotopic (exact) mass is 246 g/mol. The number of rotatable bonds is 1. The Morgan fingerprint density at radius 3 is 2.77 bits per heavy atom. The third-order valence-corrected chi connectivity index (χ3v) is 1.90. The van der Waals surface area contributed by atoms with Crippen molar-refractivity contribution in [2.75, 3.05) is 12.4 Å². The maximum absolute atomic E-state index is 13.1. The van der Waals surface area contributed by atoms with Crippen LogP contribution in [-0.2, 0) is 0 Å². The topological polar surface area (TPSA) is 41.1 Å². The van der Waals surface area contributed by atoms with Crippen molar-refractivity contribution in [2.24, 2.45) is 0 Å². The molecule has 0 saturated heterocycles. The van der Waals surface area contributed by atoms with Gasteiger partial charge in [-0.15, -0.1) is 0 Å². The number of halogens is 2. The highest BCUT2D eigenvalue weighted by Gasteiger charge is 2.04. The van der Waals surface area contributed by atoms with Crippen LogP contribution in [0.5, 0.6) is 0 Å². The number of hydrogen-bond donors (Lipinski definition) is 2. The van der Waals surface area contributed by atoms with Crippen LogP contribution in [0.4, 0.5) is 14.9 Å². The third-order valence-electron chi connectivity index (χ3n) is 1.41. The van der Waals surface area contributed by atoms with Crippen LogP contribution in [-0.4, -0.2) is 13.1 Å². The van der Waals surface area contributed by atoms with Gasteiger partial charge in [-0.1, -0.05) is 15.9 Å². The van der Waals surface area contributed by atoms with Gasteiger partial charge in [0.15, 0.2) is 0 Å². The average molecular weight is 247 g/mol. The van der Waals surface area contributed by atoms with Gasteiger partial charge in [0, 0.05) is 11.5 Å². The van der Waals surface area contributed by atoms with E-state index in [1.165, 1.54) is 19.2 Å². The fraction of sp³-hybridized carbons (Fsp3) is 0.125. The van der Waals surface area contributed by atoms with Gasteiger partial charge in [-0.05, 0) is 18.2 Å². The number of carbonyl (C=O) groups is 1. The van der Waals surface area contributed by atoms with Crippen molar-refractivity contribution in [3.63, 3.8) is 0 Å². The summed E-state index contributed by atoms with van der Waals surface area (Å²) in [5, 5.41) is 4.67. The summed E-state index contributed by atoms with van der Waals surface area (Å²) in [4.78, 5) is 10.8. The highest BCUT2D eigenvalue weighted by Crippen LogP contribution is 2.18. The Morgan fingerprint density at radius 1 is 1.54 bits per heavy atom. The summed E-state index contributed by atoms with van der Waals surface area (Å²) < 4.78 is 13.7. The lowest BCUT2D eigenvalue weighted by molar-refractivity contribution is 0.254. The zero-order chi connectivity index (χ0) is 9.84. The van der Waals surface area contributed by atoms with Crippen molar-refractivity contribution in [1.82, 2.24) is 5.32 Å². The molecule has 0 aliphatic rings. The van der Waals surface area contributed by atoms with Gasteiger partial charge in [0.2, 0.25) is 0 Å². The predicted octanol–water partition coefficient (Wildman–Crippen LogP) is 2.34. The first kappa shape index (κ1) is 9.98. The first-order valence-corrected chi connectivity index (χ1v) is 4.36. The number of hydrogen-bond acceptors (Lipinski definition) is 1. The normalized spacial score (nSPS) is 9.46. The van der Waals surface area contributed by atoms with Crippen LogP contribution < -0.4 is 10.6 Å². The van der Waals surface area contributed by atoms with Crippen LogP contribution >= 0.6 is 15.9 Å². The molecule has 1 aromatic carbocycles. The lowest BCUT2D eigenvalue weighted by atomic mass is 10.3. The van der Waals surface area contributed by atoms with E-state index >= 15 is 0 Å². The molecule has 0 saturated carbocycles. The highest BCUT2D eigenvalue weighted by molar-refractivity contribution is 9.10. The Morgan fingerprint density at radius 2 is 2.23 bits per heavy atom. The van der Waals surface area contributed by atoms with Crippen molar-refractivity contribution < 1.29 is 9.18 Å². The van der Waals surface area contributed by atoms with E-state index in [9.17, 15) is 9.18 Å².